The molecule has 25 heavy (non-hydrogen) atoms. The first-order valence-corrected chi connectivity index (χ1v) is 8.14. The maximum absolute atomic E-state index is 13.0. The zero-order valence-corrected chi connectivity index (χ0v) is 13.5. The third-order valence-electron chi connectivity index (χ3n) is 4.06. The van der Waals surface area contributed by atoms with Crippen LogP contribution in [0.25, 0.3) is 0 Å². The maximum Gasteiger partial charge on any atom is 0.358 e. The fraction of sp³-hybridized carbons (Fsp3) is 0.0500. The van der Waals surface area contributed by atoms with Crippen molar-refractivity contribution in [2.24, 2.45) is 0 Å². The van der Waals surface area contributed by atoms with Crippen molar-refractivity contribution in [2.45, 2.75) is 6.17 Å². The van der Waals surface area contributed by atoms with Gasteiger partial charge in [0.05, 0.1) is 11.4 Å². The van der Waals surface area contributed by atoms with E-state index in [1.807, 2.05) is 91.0 Å². The predicted molar refractivity (Wildman–Crippen MR) is 98.7 cm³/mol. The molecular formula is C20H18N4O. The van der Waals surface area contributed by atoms with Gasteiger partial charge < -0.3 is 0 Å². The molecule has 0 bridgehead atoms. The van der Waals surface area contributed by atoms with Crippen LogP contribution in [0.4, 0.5) is 16.2 Å². The standard InChI is InChI=1S/C20H18N4O/c25-20-23(17-12-6-2-7-13-17)21-19(16-10-4-1-5-11-16)22-24(20)18-14-8-3-9-15-18/h1-15,19,21-22H. The summed E-state index contributed by atoms with van der Waals surface area (Å²) in [6.07, 6.45) is -0.237. The summed E-state index contributed by atoms with van der Waals surface area (Å²) in [4.78, 5) is 13.0. The molecule has 0 aromatic heterocycles. The first kappa shape index (κ1) is 15.4. The molecule has 3 aromatic rings. The smallest absolute Gasteiger partial charge is 0.245 e. The average Bonchev–Trinajstić information content (AvgIpc) is 2.70. The van der Waals surface area contributed by atoms with E-state index in [1.54, 1.807) is 10.0 Å². The number of carbonyl (C=O) groups is 1. The molecule has 124 valence electrons. The number of para-hydroxylation sites is 2. The summed E-state index contributed by atoms with van der Waals surface area (Å²) in [6.45, 7) is 0. The molecule has 1 aliphatic rings. The van der Waals surface area contributed by atoms with Gasteiger partial charge in [0.1, 0.15) is 6.17 Å². The molecular weight excluding hydrogens is 312 g/mol. The summed E-state index contributed by atoms with van der Waals surface area (Å²) in [5.41, 5.74) is 9.15. The van der Waals surface area contributed by atoms with Crippen LogP contribution in [0.3, 0.4) is 0 Å². The third kappa shape index (κ3) is 3.10. The van der Waals surface area contributed by atoms with Gasteiger partial charge in [-0.1, -0.05) is 66.7 Å². The lowest BCUT2D eigenvalue weighted by atomic mass is 10.2. The van der Waals surface area contributed by atoms with Crippen molar-refractivity contribution in [1.82, 2.24) is 10.9 Å². The summed E-state index contributed by atoms with van der Waals surface area (Å²) in [5.74, 6) is 0. The van der Waals surface area contributed by atoms with Crippen LogP contribution in [0.15, 0.2) is 91.0 Å². The number of hydrazine groups is 2. The molecule has 1 saturated heterocycles. The highest BCUT2D eigenvalue weighted by Crippen LogP contribution is 2.25. The van der Waals surface area contributed by atoms with Crippen LogP contribution in [0, 0.1) is 0 Å². The molecule has 3 aromatic carbocycles. The number of carbonyl (C=O) groups excluding carboxylic acids is 1. The van der Waals surface area contributed by atoms with Crippen molar-refractivity contribution < 1.29 is 4.79 Å². The first-order chi connectivity index (χ1) is 12.3. The Kier molecular flexibility index (Phi) is 4.16. The minimum Gasteiger partial charge on any atom is -0.245 e. The molecule has 1 heterocycles. The Labute approximate surface area is 146 Å². The monoisotopic (exact) mass is 330 g/mol. The topological polar surface area (TPSA) is 47.6 Å². The predicted octanol–water partition coefficient (Wildman–Crippen LogP) is 3.84. The Morgan fingerprint density at radius 3 is 1.44 bits per heavy atom. The van der Waals surface area contributed by atoms with Gasteiger partial charge >= 0.3 is 6.03 Å². The lowest BCUT2D eigenvalue weighted by Crippen LogP contribution is -2.65. The summed E-state index contributed by atoms with van der Waals surface area (Å²) in [7, 11) is 0. The second-order valence-corrected chi connectivity index (χ2v) is 5.73. The van der Waals surface area contributed by atoms with Crippen molar-refractivity contribution in [3.63, 3.8) is 0 Å². The normalized spacial score (nSPS) is 15.4. The highest BCUT2D eigenvalue weighted by atomic mass is 16.2. The number of anilines is 2. The molecule has 0 saturated carbocycles. The molecule has 0 unspecified atom stereocenters. The summed E-state index contributed by atoms with van der Waals surface area (Å²) in [5, 5.41) is 3.14. The molecule has 1 aliphatic heterocycles. The number of nitrogens with one attached hydrogen (secondary N) is 2. The molecule has 0 atom stereocenters. The number of hydrogen-bond acceptors (Lipinski definition) is 3. The van der Waals surface area contributed by atoms with E-state index >= 15 is 0 Å². The van der Waals surface area contributed by atoms with Gasteiger partial charge in [-0.05, 0) is 29.8 Å². The fourth-order valence-corrected chi connectivity index (χ4v) is 2.82. The fourth-order valence-electron chi connectivity index (χ4n) is 2.82. The minimum atomic E-state index is -0.237. The van der Waals surface area contributed by atoms with Crippen LogP contribution in [0.1, 0.15) is 11.7 Å². The van der Waals surface area contributed by atoms with Crippen LogP contribution in [-0.4, -0.2) is 6.03 Å². The Hall–Kier alpha value is -3.15. The van der Waals surface area contributed by atoms with Gasteiger partial charge in [0.25, 0.3) is 0 Å². The van der Waals surface area contributed by atoms with Gasteiger partial charge in [0.2, 0.25) is 0 Å². The largest absolute Gasteiger partial charge is 0.358 e. The van der Waals surface area contributed by atoms with Crippen molar-refractivity contribution in [3.05, 3.63) is 96.6 Å². The molecule has 2 N–H and O–H groups in total. The molecule has 0 spiro atoms. The van der Waals surface area contributed by atoms with Crippen LogP contribution < -0.4 is 20.9 Å². The maximum atomic E-state index is 13.0. The highest BCUT2D eigenvalue weighted by Gasteiger charge is 2.33. The molecule has 2 amide bonds. The van der Waals surface area contributed by atoms with Crippen LogP contribution >= 0.6 is 0 Å². The van der Waals surface area contributed by atoms with Gasteiger partial charge in [-0.2, -0.15) is 0 Å². The second kappa shape index (κ2) is 6.76. The van der Waals surface area contributed by atoms with E-state index in [4.69, 9.17) is 0 Å². The van der Waals surface area contributed by atoms with E-state index in [0.29, 0.717) is 0 Å². The Balaban J connectivity index is 1.73. The number of hydrogen-bond donors (Lipinski definition) is 2. The summed E-state index contributed by atoms with van der Waals surface area (Å²) < 4.78 is 0. The molecule has 5 heteroatoms. The molecule has 1 fully saturated rings. The zero-order chi connectivity index (χ0) is 17.1. The Bertz CT molecular complexity index is 788. The van der Waals surface area contributed by atoms with Crippen LogP contribution in [0.2, 0.25) is 0 Å². The van der Waals surface area contributed by atoms with Crippen LogP contribution in [-0.2, 0) is 0 Å². The van der Waals surface area contributed by atoms with Gasteiger partial charge in [-0.3, -0.25) is 0 Å². The summed E-state index contributed by atoms with van der Waals surface area (Å²) >= 11 is 0. The zero-order valence-electron chi connectivity index (χ0n) is 13.5. The van der Waals surface area contributed by atoms with Crippen LogP contribution in [0.5, 0.6) is 0 Å². The Morgan fingerprint density at radius 2 is 1.00 bits per heavy atom. The number of nitrogens with zero attached hydrogens (tertiary/aromatic N) is 2. The minimum absolute atomic E-state index is 0.190. The SMILES string of the molecule is O=C1N(c2ccccc2)NC(c2ccccc2)NN1c1ccccc1. The average molecular weight is 330 g/mol. The van der Waals surface area contributed by atoms with Crippen molar-refractivity contribution >= 4 is 17.4 Å². The van der Waals surface area contributed by atoms with Crippen molar-refractivity contribution in [2.75, 3.05) is 10.0 Å². The van der Waals surface area contributed by atoms with E-state index in [1.165, 1.54) is 0 Å². The van der Waals surface area contributed by atoms with E-state index < -0.39 is 0 Å². The molecule has 0 aliphatic carbocycles. The molecule has 5 nitrogen and oxygen atoms in total. The van der Waals surface area contributed by atoms with E-state index in [0.717, 1.165) is 16.9 Å². The number of rotatable bonds is 3. The van der Waals surface area contributed by atoms with Gasteiger partial charge in [-0.25, -0.2) is 25.7 Å². The van der Waals surface area contributed by atoms with Crippen molar-refractivity contribution in [3.8, 4) is 0 Å². The number of benzene rings is 3. The number of urea groups is 1. The second-order valence-electron chi connectivity index (χ2n) is 5.73. The highest BCUT2D eigenvalue weighted by molar-refractivity contribution is 6.03. The lowest BCUT2D eigenvalue weighted by Gasteiger charge is -2.41. The van der Waals surface area contributed by atoms with Crippen molar-refractivity contribution in [1.29, 1.82) is 0 Å². The number of amides is 2. The Morgan fingerprint density at radius 1 is 0.600 bits per heavy atom. The van der Waals surface area contributed by atoms with E-state index in [2.05, 4.69) is 10.9 Å². The summed E-state index contributed by atoms with van der Waals surface area (Å²) in [6, 6.07) is 28.9. The molecule has 4 rings (SSSR count). The first-order valence-electron chi connectivity index (χ1n) is 8.14. The third-order valence-corrected chi connectivity index (χ3v) is 4.06. The van der Waals surface area contributed by atoms with E-state index in [-0.39, 0.29) is 12.2 Å². The lowest BCUT2D eigenvalue weighted by molar-refractivity contribution is 0.231. The van der Waals surface area contributed by atoms with Gasteiger partial charge in [0.15, 0.2) is 0 Å². The van der Waals surface area contributed by atoms with E-state index in [9.17, 15) is 4.79 Å². The quantitative estimate of drug-likeness (QED) is 0.767. The van der Waals surface area contributed by atoms with Gasteiger partial charge in [-0.15, -0.1) is 0 Å². The molecule has 0 radical (unpaired) electrons. The van der Waals surface area contributed by atoms with Gasteiger partial charge in [0, 0.05) is 0 Å².